The molecule has 0 aliphatic rings. The summed E-state index contributed by atoms with van der Waals surface area (Å²) in [4.78, 5) is 0. The largest absolute Gasteiger partial charge is 0.493 e. The summed E-state index contributed by atoms with van der Waals surface area (Å²) >= 11 is 0. The molecule has 1 aromatic rings. The Morgan fingerprint density at radius 1 is 1.35 bits per heavy atom. The highest BCUT2D eigenvalue weighted by molar-refractivity contribution is 5.36. The van der Waals surface area contributed by atoms with E-state index < -0.39 is 6.10 Å². The van der Waals surface area contributed by atoms with Crippen LogP contribution in [0.3, 0.4) is 0 Å². The predicted molar refractivity (Wildman–Crippen MR) is 66.6 cm³/mol. The Morgan fingerprint density at radius 2 is 2.06 bits per heavy atom. The van der Waals surface area contributed by atoms with Crippen LogP contribution in [0.15, 0.2) is 24.3 Å². The van der Waals surface area contributed by atoms with Gasteiger partial charge in [0.2, 0.25) is 0 Å². The lowest BCUT2D eigenvalue weighted by Gasteiger charge is -2.19. The molecule has 0 aliphatic heterocycles. The third-order valence-electron chi connectivity index (χ3n) is 2.68. The van der Waals surface area contributed by atoms with Crippen molar-refractivity contribution in [1.29, 1.82) is 5.26 Å². The number of rotatable bonds is 6. The van der Waals surface area contributed by atoms with Crippen molar-refractivity contribution in [1.82, 2.24) is 0 Å². The third kappa shape index (κ3) is 3.47. The molecule has 0 radical (unpaired) electrons. The highest BCUT2D eigenvalue weighted by atomic mass is 16.5. The Morgan fingerprint density at radius 3 is 2.65 bits per heavy atom. The van der Waals surface area contributed by atoms with Crippen molar-refractivity contribution in [3.05, 3.63) is 29.8 Å². The minimum Gasteiger partial charge on any atom is -0.493 e. The Balaban J connectivity index is 2.94. The molecule has 2 unspecified atom stereocenters. The molecule has 0 bridgehead atoms. The van der Waals surface area contributed by atoms with Crippen molar-refractivity contribution >= 4 is 0 Å². The first-order valence-electron chi connectivity index (χ1n) is 6.04. The van der Waals surface area contributed by atoms with E-state index in [1.807, 2.05) is 38.1 Å². The summed E-state index contributed by atoms with van der Waals surface area (Å²) in [5.74, 6) is 0.292. The van der Waals surface area contributed by atoms with Crippen LogP contribution < -0.4 is 4.74 Å². The van der Waals surface area contributed by atoms with Crippen molar-refractivity contribution in [2.24, 2.45) is 5.92 Å². The maximum atomic E-state index is 10.2. The number of benzene rings is 1. The van der Waals surface area contributed by atoms with Crippen molar-refractivity contribution in [3.63, 3.8) is 0 Å². The van der Waals surface area contributed by atoms with E-state index in [2.05, 4.69) is 6.07 Å². The quantitative estimate of drug-likeness (QED) is 0.821. The van der Waals surface area contributed by atoms with Gasteiger partial charge in [-0.15, -0.1) is 0 Å². The molecule has 0 spiro atoms. The van der Waals surface area contributed by atoms with E-state index in [1.165, 1.54) is 0 Å². The van der Waals surface area contributed by atoms with Gasteiger partial charge in [-0.3, -0.25) is 0 Å². The molecule has 0 heterocycles. The van der Waals surface area contributed by atoms with Crippen LogP contribution in [0.25, 0.3) is 0 Å². The van der Waals surface area contributed by atoms with E-state index in [-0.39, 0.29) is 5.92 Å². The van der Waals surface area contributed by atoms with Crippen LogP contribution in [0.5, 0.6) is 5.75 Å². The van der Waals surface area contributed by atoms with E-state index in [4.69, 9.17) is 10.00 Å². The highest BCUT2D eigenvalue weighted by Crippen LogP contribution is 2.31. The van der Waals surface area contributed by atoms with Crippen LogP contribution in [-0.4, -0.2) is 11.7 Å². The fourth-order valence-electron chi connectivity index (χ4n) is 1.83. The van der Waals surface area contributed by atoms with E-state index in [1.54, 1.807) is 0 Å². The summed E-state index contributed by atoms with van der Waals surface area (Å²) in [5.41, 5.74) is 0.703. The highest BCUT2D eigenvalue weighted by Gasteiger charge is 2.22. The predicted octanol–water partition coefficient (Wildman–Crippen LogP) is 3.06. The number of hydrogen-bond acceptors (Lipinski definition) is 3. The van der Waals surface area contributed by atoms with Gasteiger partial charge in [0.1, 0.15) is 5.75 Å². The number of nitriles is 1. The molecule has 0 saturated carbocycles. The molecular formula is C14H19NO2. The van der Waals surface area contributed by atoms with Crippen molar-refractivity contribution in [2.45, 2.75) is 32.8 Å². The number of ether oxygens (including phenoxy) is 1. The fraction of sp³-hybridized carbons (Fsp3) is 0.500. The molecule has 0 fully saturated rings. The molecular weight excluding hydrogens is 214 g/mol. The summed E-state index contributed by atoms with van der Waals surface area (Å²) in [7, 11) is 0. The lowest BCUT2D eigenvalue weighted by Crippen LogP contribution is -2.12. The molecule has 0 aliphatic carbocycles. The molecule has 1 rings (SSSR count). The minimum atomic E-state index is -0.775. The van der Waals surface area contributed by atoms with Gasteiger partial charge in [-0.2, -0.15) is 5.26 Å². The molecule has 1 N–H and O–H groups in total. The number of aliphatic hydroxyl groups is 1. The molecule has 0 saturated heterocycles. The second-order valence-corrected chi connectivity index (χ2v) is 3.94. The summed E-state index contributed by atoms with van der Waals surface area (Å²) in [6, 6.07) is 9.51. The van der Waals surface area contributed by atoms with Gasteiger partial charge in [0.25, 0.3) is 0 Å². The summed E-state index contributed by atoms with van der Waals surface area (Å²) in [6.45, 7) is 4.46. The summed E-state index contributed by atoms with van der Waals surface area (Å²) in [6.07, 6.45) is 0.798. The average Bonchev–Trinajstić information content (AvgIpc) is 2.36. The first kappa shape index (κ1) is 13.5. The van der Waals surface area contributed by atoms with Crippen molar-refractivity contribution in [3.8, 4) is 11.8 Å². The van der Waals surface area contributed by atoms with Crippen molar-refractivity contribution in [2.75, 3.05) is 6.61 Å². The first-order chi connectivity index (χ1) is 8.24. The number of aliphatic hydroxyl groups excluding tert-OH is 1. The van der Waals surface area contributed by atoms with Gasteiger partial charge < -0.3 is 9.84 Å². The van der Waals surface area contributed by atoms with Gasteiger partial charge in [0.05, 0.1) is 24.7 Å². The maximum Gasteiger partial charge on any atom is 0.125 e. The van der Waals surface area contributed by atoms with Gasteiger partial charge in [0, 0.05) is 5.56 Å². The van der Waals surface area contributed by atoms with Gasteiger partial charge in [-0.25, -0.2) is 0 Å². The number of nitrogens with zero attached hydrogens (tertiary/aromatic N) is 1. The Hall–Kier alpha value is -1.53. The van der Waals surface area contributed by atoms with Crippen LogP contribution in [0, 0.1) is 17.2 Å². The lowest BCUT2D eigenvalue weighted by atomic mass is 9.92. The average molecular weight is 233 g/mol. The fourth-order valence-corrected chi connectivity index (χ4v) is 1.83. The summed E-state index contributed by atoms with van der Waals surface area (Å²) < 4.78 is 5.46. The van der Waals surface area contributed by atoms with Crippen LogP contribution in [-0.2, 0) is 0 Å². The van der Waals surface area contributed by atoms with Crippen molar-refractivity contribution < 1.29 is 9.84 Å². The minimum absolute atomic E-state index is 0.374. The second-order valence-electron chi connectivity index (χ2n) is 3.94. The molecule has 0 amide bonds. The number of hydrogen-bond donors (Lipinski definition) is 1. The zero-order valence-electron chi connectivity index (χ0n) is 10.4. The zero-order chi connectivity index (χ0) is 12.7. The van der Waals surface area contributed by atoms with Gasteiger partial charge in [-0.05, 0) is 19.4 Å². The smallest absolute Gasteiger partial charge is 0.125 e. The Labute approximate surface area is 103 Å². The summed E-state index contributed by atoms with van der Waals surface area (Å²) in [5, 5.41) is 19.3. The SMILES string of the molecule is CCCC(C#N)C(O)c1ccccc1OCC. The van der Waals surface area contributed by atoms with Crippen LogP contribution in [0.4, 0.5) is 0 Å². The van der Waals surface area contributed by atoms with E-state index in [0.717, 1.165) is 6.42 Å². The molecule has 1 aromatic carbocycles. The zero-order valence-corrected chi connectivity index (χ0v) is 10.4. The lowest BCUT2D eigenvalue weighted by molar-refractivity contribution is 0.125. The standard InChI is InChI=1S/C14H19NO2/c1-3-7-11(10-15)14(16)12-8-5-6-9-13(12)17-4-2/h5-6,8-9,11,14,16H,3-4,7H2,1-2H3. The maximum absolute atomic E-state index is 10.2. The third-order valence-corrected chi connectivity index (χ3v) is 2.68. The van der Waals surface area contributed by atoms with E-state index in [9.17, 15) is 5.11 Å². The normalized spacial score (nSPS) is 13.8. The molecule has 0 aromatic heterocycles. The molecule has 17 heavy (non-hydrogen) atoms. The number of para-hydroxylation sites is 1. The Kier molecular flexibility index (Phi) is 5.51. The van der Waals surface area contributed by atoms with Gasteiger partial charge in [-0.1, -0.05) is 31.5 Å². The Bertz CT molecular complexity index is 384. The van der Waals surface area contributed by atoms with E-state index >= 15 is 0 Å². The van der Waals surface area contributed by atoms with Gasteiger partial charge in [0.15, 0.2) is 0 Å². The van der Waals surface area contributed by atoms with Crippen LogP contribution >= 0.6 is 0 Å². The molecule has 3 heteroatoms. The molecule has 92 valence electrons. The van der Waals surface area contributed by atoms with E-state index in [0.29, 0.717) is 24.3 Å². The second kappa shape index (κ2) is 6.93. The first-order valence-corrected chi connectivity index (χ1v) is 6.04. The molecule has 2 atom stereocenters. The van der Waals surface area contributed by atoms with Crippen LogP contribution in [0.1, 0.15) is 38.4 Å². The molecule has 3 nitrogen and oxygen atoms in total. The van der Waals surface area contributed by atoms with Crippen LogP contribution in [0.2, 0.25) is 0 Å². The monoisotopic (exact) mass is 233 g/mol. The topological polar surface area (TPSA) is 53.2 Å². The van der Waals surface area contributed by atoms with Gasteiger partial charge >= 0.3 is 0 Å².